The zero-order valence-electron chi connectivity index (χ0n) is 17.7. The molecule has 4 heteroatoms. The van der Waals surface area contributed by atoms with E-state index in [4.69, 9.17) is 0 Å². The minimum Gasteiger partial charge on any atom is -0.503 e. The highest BCUT2D eigenvalue weighted by atomic mass is 16.3. The molecule has 0 saturated heterocycles. The number of aryl methyl sites for hydroxylation is 3. The Morgan fingerprint density at radius 2 is 1.58 bits per heavy atom. The average molecular weight is 412 g/mol. The number of nitrogens with zero attached hydrogens (tertiary/aromatic N) is 1. The van der Waals surface area contributed by atoms with Crippen LogP contribution in [0.2, 0.25) is 0 Å². The highest BCUT2D eigenvalue weighted by Gasteiger charge is 2.44. The molecule has 0 fully saturated rings. The summed E-state index contributed by atoms with van der Waals surface area (Å²) < 4.78 is 0. The number of ketones is 1. The first-order valence-corrected chi connectivity index (χ1v) is 10.4. The second-order valence-corrected chi connectivity index (χ2v) is 7.95. The van der Waals surface area contributed by atoms with Gasteiger partial charge < -0.3 is 5.11 Å². The minimum atomic E-state index is -0.654. The topological polar surface area (TPSA) is 57.6 Å². The van der Waals surface area contributed by atoms with Crippen molar-refractivity contribution in [1.82, 2.24) is 0 Å². The predicted octanol–water partition coefficient (Wildman–Crippen LogP) is 5.41. The molecule has 31 heavy (non-hydrogen) atoms. The summed E-state index contributed by atoms with van der Waals surface area (Å²) in [6, 6.07) is 24.3. The lowest BCUT2D eigenvalue weighted by Crippen LogP contribution is -2.31. The first-order chi connectivity index (χ1) is 15.0. The van der Waals surface area contributed by atoms with Gasteiger partial charge in [-0.2, -0.15) is 0 Å². The monoisotopic (exact) mass is 411 g/mol. The molecule has 4 nitrogen and oxygen atoms in total. The van der Waals surface area contributed by atoms with E-state index >= 15 is 0 Å². The van der Waals surface area contributed by atoms with E-state index in [0.717, 1.165) is 22.3 Å². The fourth-order valence-corrected chi connectivity index (χ4v) is 4.20. The van der Waals surface area contributed by atoms with Crippen LogP contribution in [-0.2, 0) is 16.0 Å². The molecule has 0 bridgehead atoms. The zero-order chi connectivity index (χ0) is 22.0. The van der Waals surface area contributed by atoms with Crippen molar-refractivity contribution in [2.75, 3.05) is 4.90 Å². The molecule has 3 aromatic rings. The van der Waals surface area contributed by atoms with Gasteiger partial charge in [-0.3, -0.25) is 14.5 Å². The normalized spacial score (nSPS) is 16.1. The number of carbonyl (C=O) groups is 2. The smallest absolute Gasteiger partial charge is 0.294 e. The molecule has 4 rings (SSSR count). The van der Waals surface area contributed by atoms with E-state index in [9.17, 15) is 14.7 Å². The Balaban J connectivity index is 1.74. The molecule has 1 aliphatic heterocycles. The number of Topliss-reactive ketones (excluding diaryl/α,β-unsaturated/α-hetero) is 1. The van der Waals surface area contributed by atoms with Crippen molar-refractivity contribution in [3.05, 3.63) is 112 Å². The number of aliphatic hydroxyl groups excluding tert-OH is 1. The quantitative estimate of drug-likeness (QED) is 0.590. The maximum atomic E-state index is 13.3. The van der Waals surface area contributed by atoms with Crippen molar-refractivity contribution in [1.29, 1.82) is 0 Å². The van der Waals surface area contributed by atoms with Gasteiger partial charge in [-0.15, -0.1) is 0 Å². The summed E-state index contributed by atoms with van der Waals surface area (Å²) in [6.07, 6.45) is 0.774. The molecule has 0 saturated carbocycles. The Kier molecular flexibility index (Phi) is 5.72. The van der Waals surface area contributed by atoms with Gasteiger partial charge in [0.05, 0.1) is 11.6 Å². The minimum absolute atomic E-state index is 0.173. The molecule has 1 amide bonds. The van der Waals surface area contributed by atoms with E-state index in [1.165, 1.54) is 0 Å². The van der Waals surface area contributed by atoms with Crippen molar-refractivity contribution in [2.24, 2.45) is 0 Å². The molecule has 156 valence electrons. The van der Waals surface area contributed by atoms with E-state index in [1.54, 1.807) is 4.90 Å². The molecule has 0 spiro atoms. The molecular formula is C27H25NO3. The van der Waals surface area contributed by atoms with Gasteiger partial charge >= 0.3 is 0 Å². The van der Waals surface area contributed by atoms with E-state index in [2.05, 4.69) is 0 Å². The van der Waals surface area contributed by atoms with Crippen LogP contribution >= 0.6 is 0 Å². The molecular weight excluding hydrogens is 386 g/mol. The predicted molar refractivity (Wildman–Crippen MR) is 122 cm³/mol. The van der Waals surface area contributed by atoms with Crippen LogP contribution in [0.25, 0.3) is 0 Å². The van der Waals surface area contributed by atoms with Gasteiger partial charge in [0.1, 0.15) is 0 Å². The van der Waals surface area contributed by atoms with Gasteiger partial charge in [0.15, 0.2) is 11.5 Å². The van der Waals surface area contributed by atoms with Gasteiger partial charge in [0.2, 0.25) is 0 Å². The number of hydrogen-bond donors (Lipinski definition) is 1. The average Bonchev–Trinajstić information content (AvgIpc) is 3.04. The van der Waals surface area contributed by atoms with Gasteiger partial charge in [0.25, 0.3) is 5.91 Å². The molecule has 1 heterocycles. The van der Waals surface area contributed by atoms with Crippen molar-refractivity contribution in [2.45, 2.75) is 32.7 Å². The van der Waals surface area contributed by atoms with Crippen LogP contribution in [0.1, 0.15) is 34.7 Å². The Morgan fingerprint density at radius 1 is 0.935 bits per heavy atom. The number of hydrogen-bond acceptors (Lipinski definition) is 3. The van der Waals surface area contributed by atoms with Crippen LogP contribution in [-0.4, -0.2) is 16.8 Å². The molecule has 1 unspecified atom stereocenters. The van der Waals surface area contributed by atoms with Crippen LogP contribution < -0.4 is 4.90 Å². The SMILES string of the molecule is Cc1ccc(N2C(=O)C(O)=C(C(=O)CCc3ccccc3)C2c2ccccc2)c(C)c1. The summed E-state index contributed by atoms with van der Waals surface area (Å²) in [5.74, 6) is -1.20. The molecule has 1 aliphatic rings. The second kappa shape index (κ2) is 8.60. The van der Waals surface area contributed by atoms with Gasteiger partial charge in [-0.05, 0) is 43.0 Å². The molecule has 1 atom stereocenters. The largest absolute Gasteiger partial charge is 0.503 e. The summed E-state index contributed by atoms with van der Waals surface area (Å²) in [5, 5.41) is 10.8. The van der Waals surface area contributed by atoms with Crippen LogP contribution in [0.4, 0.5) is 5.69 Å². The first kappa shape index (κ1) is 20.6. The molecule has 1 N–H and O–H groups in total. The van der Waals surface area contributed by atoms with Crippen molar-refractivity contribution < 1.29 is 14.7 Å². The molecule has 0 aromatic heterocycles. The highest BCUT2D eigenvalue weighted by Crippen LogP contribution is 2.42. The number of benzene rings is 3. The van der Waals surface area contributed by atoms with Crippen LogP contribution in [0.5, 0.6) is 0 Å². The number of aliphatic hydroxyl groups is 1. The first-order valence-electron chi connectivity index (χ1n) is 10.4. The van der Waals surface area contributed by atoms with Crippen molar-refractivity contribution >= 4 is 17.4 Å². The standard InChI is InChI=1S/C27H25NO3/c1-18-13-15-22(19(2)17-18)28-25(21-11-7-4-8-12-21)24(26(30)27(28)31)23(29)16-14-20-9-5-3-6-10-20/h3-13,15,17,25,30H,14,16H2,1-2H3. The molecule has 0 radical (unpaired) electrons. The lowest BCUT2D eigenvalue weighted by Gasteiger charge is -2.28. The number of amides is 1. The third kappa shape index (κ3) is 4.02. The summed E-state index contributed by atoms with van der Waals surface area (Å²) >= 11 is 0. The van der Waals surface area contributed by atoms with E-state index < -0.39 is 17.7 Å². The van der Waals surface area contributed by atoms with Crippen molar-refractivity contribution in [3.63, 3.8) is 0 Å². The second-order valence-electron chi connectivity index (χ2n) is 7.95. The summed E-state index contributed by atoms with van der Waals surface area (Å²) in [5.41, 5.74) is 4.71. The van der Waals surface area contributed by atoms with E-state index in [-0.39, 0.29) is 17.8 Å². The fourth-order valence-electron chi connectivity index (χ4n) is 4.20. The van der Waals surface area contributed by atoms with Crippen LogP contribution in [0, 0.1) is 13.8 Å². The Hall–Kier alpha value is -3.66. The van der Waals surface area contributed by atoms with E-state index in [1.807, 2.05) is 92.7 Å². The summed E-state index contributed by atoms with van der Waals surface area (Å²) in [6.45, 7) is 3.93. The third-order valence-electron chi connectivity index (χ3n) is 5.72. The highest BCUT2D eigenvalue weighted by molar-refractivity contribution is 6.16. The number of anilines is 1. The zero-order valence-corrected chi connectivity index (χ0v) is 17.7. The maximum absolute atomic E-state index is 13.3. The lowest BCUT2D eigenvalue weighted by molar-refractivity contribution is -0.118. The molecule has 3 aromatic carbocycles. The van der Waals surface area contributed by atoms with Gasteiger partial charge in [-0.1, -0.05) is 78.4 Å². The summed E-state index contributed by atoms with van der Waals surface area (Å²) in [7, 11) is 0. The Bertz CT molecular complexity index is 1150. The van der Waals surface area contributed by atoms with Crippen LogP contribution in [0.15, 0.2) is 90.2 Å². The molecule has 0 aliphatic carbocycles. The Labute approximate surface area is 182 Å². The third-order valence-corrected chi connectivity index (χ3v) is 5.72. The fraction of sp³-hybridized carbons (Fsp3) is 0.185. The van der Waals surface area contributed by atoms with Crippen LogP contribution in [0.3, 0.4) is 0 Å². The Morgan fingerprint density at radius 3 is 2.23 bits per heavy atom. The maximum Gasteiger partial charge on any atom is 0.294 e. The number of carbonyl (C=O) groups excluding carboxylic acids is 2. The summed E-state index contributed by atoms with van der Waals surface area (Å²) in [4.78, 5) is 28.0. The number of rotatable bonds is 6. The van der Waals surface area contributed by atoms with Gasteiger partial charge in [0, 0.05) is 12.1 Å². The van der Waals surface area contributed by atoms with E-state index in [0.29, 0.717) is 12.1 Å². The lowest BCUT2D eigenvalue weighted by atomic mass is 9.93. The van der Waals surface area contributed by atoms with Crippen molar-refractivity contribution in [3.8, 4) is 0 Å². The van der Waals surface area contributed by atoms with Gasteiger partial charge in [-0.25, -0.2) is 0 Å².